The maximum atomic E-state index is 12.1. The fourth-order valence-electron chi connectivity index (χ4n) is 1.84. The molecule has 0 heterocycles. The second-order valence-corrected chi connectivity index (χ2v) is 7.27. The average molecular weight is 409 g/mol. The number of halogens is 1. The van der Waals surface area contributed by atoms with Crippen LogP contribution in [0.15, 0.2) is 69.1 Å². The summed E-state index contributed by atoms with van der Waals surface area (Å²) in [6.45, 7) is 2.39. The van der Waals surface area contributed by atoms with Crippen LogP contribution in [-0.2, 0) is 10.0 Å². The zero-order chi connectivity index (χ0) is 17.4. The highest BCUT2D eigenvalue weighted by Crippen LogP contribution is 2.16. The highest BCUT2D eigenvalue weighted by atomic mass is 79.9. The molecule has 5 nitrogen and oxygen atoms in total. The minimum atomic E-state index is -3.71. The van der Waals surface area contributed by atoms with E-state index in [0.29, 0.717) is 16.8 Å². The SMILES string of the molecule is CCOc1ccc(S(=O)(=O)N/N=C/C(Br)=C/c2ccccc2)cc1. The van der Waals surface area contributed by atoms with Gasteiger partial charge in [-0.2, -0.15) is 13.5 Å². The first-order valence-corrected chi connectivity index (χ1v) is 9.49. The number of sulfonamides is 1. The van der Waals surface area contributed by atoms with E-state index in [1.807, 2.05) is 43.3 Å². The lowest BCUT2D eigenvalue weighted by molar-refractivity contribution is 0.340. The van der Waals surface area contributed by atoms with Crippen LogP contribution in [0.5, 0.6) is 5.75 Å². The molecule has 2 aromatic carbocycles. The van der Waals surface area contributed by atoms with Crippen molar-refractivity contribution in [2.24, 2.45) is 5.10 Å². The monoisotopic (exact) mass is 408 g/mol. The number of hydrogen-bond acceptors (Lipinski definition) is 4. The first-order chi connectivity index (χ1) is 11.5. The zero-order valence-corrected chi connectivity index (χ0v) is 15.4. The number of allylic oxidation sites excluding steroid dienone is 1. The third-order valence-corrected chi connectivity index (χ3v) is 4.58. The van der Waals surface area contributed by atoms with Crippen molar-refractivity contribution in [3.05, 3.63) is 64.6 Å². The molecule has 0 aliphatic heterocycles. The van der Waals surface area contributed by atoms with E-state index in [1.165, 1.54) is 18.3 Å². The fourth-order valence-corrected chi connectivity index (χ4v) is 3.00. The summed E-state index contributed by atoms with van der Waals surface area (Å²) in [5.41, 5.74) is 0.977. The summed E-state index contributed by atoms with van der Waals surface area (Å²) >= 11 is 3.33. The molecule has 0 radical (unpaired) electrons. The minimum Gasteiger partial charge on any atom is -0.494 e. The molecule has 24 heavy (non-hydrogen) atoms. The first-order valence-electron chi connectivity index (χ1n) is 7.21. The number of benzene rings is 2. The highest BCUT2D eigenvalue weighted by Gasteiger charge is 2.12. The van der Waals surface area contributed by atoms with Crippen molar-refractivity contribution in [2.45, 2.75) is 11.8 Å². The lowest BCUT2D eigenvalue weighted by Crippen LogP contribution is -2.18. The summed E-state index contributed by atoms with van der Waals surface area (Å²) in [5.74, 6) is 0.619. The third kappa shape index (κ3) is 5.50. The van der Waals surface area contributed by atoms with Crippen LogP contribution in [0.25, 0.3) is 6.08 Å². The summed E-state index contributed by atoms with van der Waals surface area (Å²) in [6.07, 6.45) is 3.22. The van der Waals surface area contributed by atoms with Gasteiger partial charge in [0.05, 0.1) is 17.7 Å². The Morgan fingerprint density at radius 2 is 1.83 bits per heavy atom. The second-order valence-electron chi connectivity index (χ2n) is 4.70. The Morgan fingerprint density at radius 3 is 2.46 bits per heavy atom. The molecule has 0 bridgehead atoms. The Kier molecular flexibility index (Phi) is 6.57. The van der Waals surface area contributed by atoms with Crippen molar-refractivity contribution in [3.63, 3.8) is 0 Å². The molecule has 2 rings (SSSR count). The van der Waals surface area contributed by atoms with E-state index in [9.17, 15) is 8.42 Å². The van der Waals surface area contributed by atoms with Crippen molar-refractivity contribution in [2.75, 3.05) is 6.61 Å². The molecule has 1 N–H and O–H groups in total. The Bertz CT molecular complexity index is 817. The molecule has 2 aromatic rings. The highest BCUT2D eigenvalue weighted by molar-refractivity contribution is 9.12. The lowest BCUT2D eigenvalue weighted by atomic mass is 10.2. The van der Waals surface area contributed by atoms with Crippen LogP contribution < -0.4 is 9.57 Å². The minimum absolute atomic E-state index is 0.117. The van der Waals surface area contributed by atoms with Gasteiger partial charge in [0.25, 0.3) is 10.0 Å². The van der Waals surface area contributed by atoms with Crippen molar-refractivity contribution >= 4 is 38.2 Å². The quantitative estimate of drug-likeness (QED) is 0.559. The molecule has 0 aliphatic rings. The van der Waals surface area contributed by atoms with Gasteiger partial charge in [0.2, 0.25) is 0 Å². The average Bonchev–Trinajstić information content (AvgIpc) is 2.56. The normalized spacial score (nSPS) is 12.3. The van der Waals surface area contributed by atoms with Crippen LogP contribution in [0.2, 0.25) is 0 Å². The second kappa shape index (κ2) is 8.65. The van der Waals surface area contributed by atoms with Crippen LogP contribution in [-0.4, -0.2) is 21.2 Å². The standard InChI is InChI=1S/C17H17BrN2O3S/c1-2-23-16-8-10-17(11-9-16)24(21,22)20-19-13-15(18)12-14-6-4-3-5-7-14/h3-13,20H,2H2,1H3/b15-12-,19-13+. The molecule has 0 spiro atoms. The van der Waals surface area contributed by atoms with Gasteiger partial charge in [-0.15, -0.1) is 0 Å². The Labute approximate surface area is 150 Å². The van der Waals surface area contributed by atoms with Gasteiger partial charge in [0.1, 0.15) is 5.75 Å². The number of nitrogens with zero attached hydrogens (tertiary/aromatic N) is 1. The van der Waals surface area contributed by atoms with E-state index in [0.717, 1.165) is 5.56 Å². The van der Waals surface area contributed by atoms with E-state index in [2.05, 4.69) is 25.9 Å². The molecule has 7 heteroatoms. The predicted molar refractivity (Wildman–Crippen MR) is 99.8 cm³/mol. The van der Waals surface area contributed by atoms with E-state index < -0.39 is 10.0 Å². The predicted octanol–water partition coefficient (Wildman–Crippen LogP) is 3.79. The van der Waals surface area contributed by atoms with Crippen molar-refractivity contribution in [1.82, 2.24) is 4.83 Å². The van der Waals surface area contributed by atoms with Gasteiger partial charge in [0.15, 0.2) is 0 Å². The lowest BCUT2D eigenvalue weighted by Gasteiger charge is -2.05. The molecule has 126 valence electrons. The molecule has 0 unspecified atom stereocenters. The summed E-state index contributed by atoms with van der Waals surface area (Å²) in [5, 5.41) is 3.76. The maximum absolute atomic E-state index is 12.1. The maximum Gasteiger partial charge on any atom is 0.276 e. The molecule has 0 atom stereocenters. The van der Waals surface area contributed by atoms with Crippen LogP contribution in [0.4, 0.5) is 0 Å². The molecule has 0 amide bonds. The molecular weight excluding hydrogens is 392 g/mol. The fraction of sp³-hybridized carbons (Fsp3) is 0.118. The Balaban J connectivity index is 2.02. The number of hydrazone groups is 1. The van der Waals surface area contributed by atoms with Gasteiger partial charge in [-0.1, -0.05) is 30.3 Å². The van der Waals surface area contributed by atoms with Crippen molar-refractivity contribution < 1.29 is 13.2 Å². The topological polar surface area (TPSA) is 67.8 Å². The van der Waals surface area contributed by atoms with Crippen LogP contribution in [0.1, 0.15) is 12.5 Å². The molecule has 0 fully saturated rings. The number of ether oxygens (including phenoxy) is 1. The summed E-state index contributed by atoms with van der Waals surface area (Å²) in [6, 6.07) is 15.8. The first kappa shape index (κ1) is 18.2. The molecule has 0 aromatic heterocycles. The smallest absolute Gasteiger partial charge is 0.276 e. The molecule has 0 saturated carbocycles. The van der Waals surface area contributed by atoms with Crippen molar-refractivity contribution in [1.29, 1.82) is 0 Å². The summed E-state index contributed by atoms with van der Waals surface area (Å²) in [7, 11) is -3.71. The van der Waals surface area contributed by atoms with E-state index in [4.69, 9.17) is 4.74 Å². The van der Waals surface area contributed by atoms with Crippen LogP contribution >= 0.6 is 15.9 Å². The molecule has 0 aliphatic carbocycles. The Hall–Kier alpha value is -2.12. The number of nitrogens with one attached hydrogen (secondary N) is 1. The molecule has 0 saturated heterocycles. The van der Waals surface area contributed by atoms with Gasteiger partial charge in [-0.25, -0.2) is 4.83 Å². The van der Waals surface area contributed by atoms with E-state index >= 15 is 0 Å². The van der Waals surface area contributed by atoms with Gasteiger partial charge in [0, 0.05) is 4.48 Å². The van der Waals surface area contributed by atoms with E-state index in [1.54, 1.807) is 12.1 Å². The zero-order valence-electron chi connectivity index (χ0n) is 13.0. The van der Waals surface area contributed by atoms with Gasteiger partial charge < -0.3 is 4.74 Å². The Morgan fingerprint density at radius 1 is 1.17 bits per heavy atom. The van der Waals surface area contributed by atoms with Gasteiger partial charge >= 0.3 is 0 Å². The van der Waals surface area contributed by atoms with E-state index in [-0.39, 0.29) is 4.90 Å². The number of rotatable bonds is 7. The van der Waals surface area contributed by atoms with Gasteiger partial charge in [-0.05, 0) is 58.8 Å². The summed E-state index contributed by atoms with van der Waals surface area (Å²) in [4.78, 5) is 2.29. The van der Waals surface area contributed by atoms with Crippen LogP contribution in [0, 0.1) is 0 Å². The van der Waals surface area contributed by atoms with Crippen molar-refractivity contribution in [3.8, 4) is 5.75 Å². The largest absolute Gasteiger partial charge is 0.494 e. The molecular formula is C17H17BrN2O3S. The summed E-state index contributed by atoms with van der Waals surface area (Å²) < 4.78 is 30.2. The van der Waals surface area contributed by atoms with Crippen LogP contribution in [0.3, 0.4) is 0 Å². The number of hydrogen-bond donors (Lipinski definition) is 1. The van der Waals surface area contributed by atoms with Gasteiger partial charge in [-0.3, -0.25) is 0 Å². The third-order valence-electron chi connectivity index (χ3n) is 2.91.